The van der Waals surface area contributed by atoms with Crippen molar-refractivity contribution in [1.29, 1.82) is 0 Å². The summed E-state index contributed by atoms with van der Waals surface area (Å²) in [6.07, 6.45) is 3.07. The number of nitrogens with zero attached hydrogens (tertiary/aromatic N) is 3. The fourth-order valence-corrected chi connectivity index (χ4v) is 2.61. The summed E-state index contributed by atoms with van der Waals surface area (Å²) >= 11 is 5.97. The second-order valence-electron chi connectivity index (χ2n) is 5.14. The van der Waals surface area contributed by atoms with Crippen molar-refractivity contribution in [3.05, 3.63) is 10.7 Å². The molecule has 0 saturated carbocycles. The highest BCUT2D eigenvalue weighted by molar-refractivity contribution is 6.35. The average molecular weight is 286 g/mol. The number of hydrogen-bond donors (Lipinski definition) is 2. The largest absolute Gasteiger partial charge is 0.381 e. The number of likely N-dealkylation sites (tertiary alicyclic amines) is 1. The van der Waals surface area contributed by atoms with Crippen molar-refractivity contribution in [2.75, 3.05) is 32.9 Å². The second kappa shape index (κ2) is 5.79. The predicted molar refractivity (Wildman–Crippen MR) is 75.2 cm³/mol. The number of hydrogen-bond acceptors (Lipinski definition) is 4. The second-order valence-corrected chi connectivity index (χ2v) is 5.52. The molecule has 106 valence electrons. The van der Waals surface area contributed by atoms with E-state index in [1.807, 2.05) is 4.90 Å². The summed E-state index contributed by atoms with van der Waals surface area (Å²) in [5, 5.41) is 6.60. The molecular formula is C12H20ClN5O. The number of carbonyl (C=O) groups excluding carboxylic acids is 1. The summed E-state index contributed by atoms with van der Waals surface area (Å²) < 4.78 is 0. The fraction of sp³-hybridized carbons (Fsp3) is 0.667. The van der Waals surface area contributed by atoms with Crippen LogP contribution in [0.5, 0.6) is 0 Å². The van der Waals surface area contributed by atoms with Gasteiger partial charge in [-0.1, -0.05) is 11.6 Å². The van der Waals surface area contributed by atoms with Gasteiger partial charge in [-0.05, 0) is 33.4 Å². The molecule has 19 heavy (non-hydrogen) atoms. The Kier molecular flexibility index (Phi) is 4.31. The molecule has 7 heteroatoms. The lowest BCUT2D eigenvalue weighted by Crippen LogP contribution is -2.34. The highest BCUT2D eigenvalue weighted by atomic mass is 35.5. The standard InChI is InChI=1S/C12H20ClN5O/c1-17(2)8-4-3-6-18(7-5-8)12(19)10-9(13)11(14)16-15-10/h8H,3-7H2,1-2H3,(H3,14,15,16). The fourth-order valence-electron chi connectivity index (χ4n) is 2.44. The van der Waals surface area contributed by atoms with Crippen LogP contribution < -0.4 is 5.73 Å². The molecule has 1 unspecified atom stereocenters. The zero-order valence-electron chi connectivity index (χ0n) is 11.3. The first-order valence-electron chi connectivity index (χ1n) is 6.45. The first-order chi connectivity index (χ1) is 9.00. The number of amides is 1. The smallest absolute Gasteiger partial charge is 0.273 e. The van der Waals surface area contributed by atoms with Crippen LogP contribution in [0.2, 0.25) is 5.02 Å². The van der Waals surface area contributed by atoms with E-state index in [9.17, 15) is 4.79 Å². The Morgan fingerprint density at radius 1 is 1.47 bits per heavy atom. The lowest BCUT2D eigenvalue weighted by molar-refractivity contribution is 0.0753. The zero-order valence-corrected chi connectivity index (χ0v) is 12.1. The van der Waals surface area contributed by atoms with Crippen LogP contribution in [0.3, 0.4) is 0 Å². The Labute approximate surface area is 117 Å². The van der Waals surface area contributed by atoms with E-state index >= 15 is 0 Å². The van der Waals surface area contributed by atoms with Crippen LogP contribution in [0.15, 0.2) is 0 Å². The lowest BCUT2D eigenvalue weighted by Gasteiger charge is -2.23. The summed E-state index contributed by atoms with van der Waals surface area (Å²) in [6.45, 7) is 1.48. The van der Waals surface area contributed by atoms with Gasteiger partial charge in [-0.25, -0.2) is 0 Å². The molecule has 0 aromatic carbocycles. The monoisotopic (exact) mass is 285 g/mol. The van der Waals surface area contributed by atoms with Crippen molar-refractivity contribution in [3.8, 4) is 0 Å². The van der Waals surface area contributed by atoms with Crippen LogP contribution in [-0.4, -0.2) is 59.1 Å². The van der Waals surface area contributed by atoms with Gasteiger partial charge < -0.3 is 15.5 Å². The van der Waals surface area contributed by atoms with Crippen LogP contribution in [0, 0.1) is 0 Å². The SMILES string of the molecule is CN(C)C1CCCN(C(=O)c2[nH]nc(N)c2Cl)CC1. The number of halogens is 1. The molecule has 1 saturated heterocycles. The van der Waals surface area contributed by atoms with E-state index in [4.69, 9.17) is 17.3 Å². The number of H-pyrrole nitrogens is 1. The number of nitrogens with two attached hydrogens (primary N) is 1. The molecule has 1 fully saturated rings. The maximum atomic E-state index is 12.4. The van der Waals surface area contributed by atoms with Gasteiger partial charge in [-0.3, -0.25) is 9.89 Å². The van der Waals surface area contributed by atoms with E-state index < -0.39 is 0 Å². The third-order valence-corrected chi connectivity index (χ3v) is 4.04. The number of aromatic amines is 1. The van der Waals surface area contributed by atoms with Crippen molar-refractivity contribution >= 4 is 23.3 Å². The molecule has 1 amide bonds. The van der Waals surface area contributed by atoms with Crippen molar-refractivity contribution in [2.24, 2.45) is 0 Å². The Morgan fingerprint density at radius 3 is 2.79 bits per heavy atom. The maximum absolute atomic E-state index is 12.4. The third kappa shape index (κ3) is 3.01. The first-order valence-corrected chi connectivity index (χ1v) is 6.83. The summed E-state index contributed by atoms with van der Waals surface area (Å²) in [6, 6.07) is 0.528. The van der Waals surface area contributed by atoms with Crippen molar-refractivity contribution in [3.63, 3.8) is 0 Å². The minimum atomic E-state index is -0.117. The predicted octanol–water partition coefficient (Wildman–Crippen LogP) is 1.20. The Hall–Kier alpha value is -1.27. The van der Waals surface area contributed by atoms with E-state index in [2.05, 4.69) is 29.2 Å². The van der Waals surface area contributed by atoms with Crippen molar-refractivity contribution in [1.82, 2.24) is 20.0 Å². The van der Waals surface area contributed by atoms with Gasteiger partial charge in [0.1, 0.15) is 10.7 Å². The van der Waals surface area contributed by atoms with Crippen LogP contribution in [0.1, 0.15) is 29.8 Å². The number of aromatic nitrogens is 2. The van der Waals surface area contributed by atoms with Crippen LogP contribution in [-0.2, 0) is 0 Å². The molecule has 1 atom stereocenters. The summed E-state index contributed by atoms with van der Waals surface area (Å²) in [5.41, 5.74) is 5.84. The van der Waals surface area contributed by atoms with Gasteiger partial charge in [0.2, 0.25) is 0 Å². The third-order valence-electron chi connectivity index (χ3n) is 3.66. The Morgan fingerprint density at radius 2 is 2.21 bits per heavy atom. The van der Waals surface area contributed by atoms with E-state index in [-0.39, 0.29) is 16.7 Å². The van der Waals surface area contributed by atoms with Gasteiger partial charge in [-0.2, -0.15) is 5.10 Å². The molecule has 3 N–H and O–H groups in total. The summed E-state index contributed by atoms with van der Waals surface area (Å²) in [7, 11) is 4.16. The first kappa shape index (κ1) is 14.1. The highest BCUT2D eigenvalue weighted by Gasteiger charge is 2.25. The molecule has 0 radical (unpaired) electrons. The molecule has 2 rings (SSSR count). The molecule has 0 aliphatic carbocycles. The summed E-state index contributed by atoms with van der Waals surface area (Å²) in [5.74, 6) is 0.0552. The number of nitrogen functional groups attached to an aromatic ring is 1. The quantitative estimate of drug-likeness (QED) is 0.856. The van der Waals surface area contributed by atoms with Gasteiger partial charge >= 0.3 is 0 Å². The van der Waals surface area contributed by atoms with Crippen LogP contribution >= 0.6 is 11.6 Å². The van der Waals surface area contributed by atoms with Crippen LogP contribution in [0.4, 0.5) is 5.82 Å². The van der Waals surface area contributed by atoms with Gasteiger partial charge in [0.15, 0.2) is 5.82 Å². The molecular weight excluding hydrogens is 266 g/mol. The molecule has 1 aliphatic rings. The Balaban J connectivity index is 2.06. The van der Waals surface area contributed by atoms with Crippen molar-refractivity contribution < 1.29 is 4.79 Å². The minimum absolute atomic E-state index is 0.117. The average Bonchev–Trinajstić information content (AvgIpc) is 2.60. The van der Waals surface area contributed by atoms with Gasteiger partial charge in [0.25, 0.3) is 5.91 Å². The number of rotatable bonds is 2. The minimum Gasteiger partial charge on any atom is -0.381 e. The highest BCUT2D eigenvalue weighted by Crippen LogP contribution is 2.23. The molecule has 6 nitrogen and oxygen atoms in total. The topological polar surface area (TPSA) is 78.2 Å². The van der Waals surface area contributed by atoms with Gasteiger partial charge in [0.05, 0.1) is 0 Å². The van der Waals surface area contributed by atoms with E-state index in [1.165, 1.54) is 0 Å². The zero-order chi connectivity index (χ0) is 14.0. The molecule has 1 aliphatic heterocycles. The molecule has 1 aromatic heterocycles. The maximum Gasteiger partial charge on any atom is 0.273 e. The number of carbonyl (C=O) groups is 1. The molecule has 0 spiro atoms. The van der Waals surface area contributed by atoms with Crippen molar-refractivity contribution in [2.45, 2.75) is 25.3 Å². The normalized spacial score (nSPS) is 20.6. The lowest BCUT2D eigenvalue weighted by atomic mass is 10.1. The molecule has 1 aromatic rings. The van der Waals surface area contributed by atoms with Crippen LogP contribution in [0.25, 0.3) is 0 Å². The number of anilines is 1. The summed E-state index contributed by atoms with van der Waals surface area (Å²) in [4.78, 5) is 16.4. The van der Waals surface area contributed by atoms with E-state index in [1.54, 1.807) is 0 Å². The Bertz CT molecular complexity index is 459. The van der Waals surface area contributed by atoms with Gasteiger partial charge in [-0.15, -0.1) is 0 Å². The molecule has 0 bridgehead atoms. The molecule has 2 heterocycles. The number of nitrogens with one attached hydrogen (secondary N) is 1. The van der Waals surface area contributed by atoms with E-state index in [0.717, 1.165) is 32.4 Å². The van der Waals surface area contributed by atoms with Gasteiger partial charge in [0, 0.05) is 19.1 Å². The van der Waals surface area contributed by atoms with E-state index in [0.29, 0.717) is 11.7 Å².